The van der Waals surface area contributed by atoms with Crippen molar-refractivity contribution < 1.29 is 23.5 Å². The van der Waals surface area contributed by atoms with Crippen LogP contribution in [0.5, 0.6) is 11.5 Å². The summed E-state index contributed by atoms with van der Waals surface area (Å²) in [5.74, 6) is 1.74. The molecule has 2 aromatic rings. The number of imide groups is 1. The number of benzene rings is 1. The summed E-state index contributed by atoms with van der Waals surface area (Å²) >= 11 is 0. The standard InChI is InChI=1S/C21H28N4O5/c1-28-18-6-5-16(12-19(18)29-2)14-24-7-9-25(10-8-24)15-20(26)23-21(27)22-13-17-4-3-11-30-17/h3-6,11-12H,7-10,13-15H2,1-2H3,(H2,22,23,26,27). The third kappa shape index (κ3) is 6.23. The number of furan rings is 1. The molecular weight excluding hydrogens is 388 g/mol. The number of amides is 3. The van der Waals surface area contributed by atoms with Gasteiger partial charge in [0.25, 0.3) is 0 Å². The maximum Gasteiger partial charge on any atom is 0.321 e. The highest BCUT2D eigenvalue weighted by Crippen LogP contribution is 2.28. The summed E-state index contributed by atoms with van der Waals surface area (Å²) in [5, 5.41) is 4.95. The lowest BCUT2D eigenvalue weighted by Gasteiger charge is -2.34. The van der Waals surface area contributed by atoms with Crippen molar-refractivity contribution in [3.8, 4) is 11.5 Å². The van der Waals surface area contributed by atoms with E-state index in [-0.39, 0.29) is 19.0 Å². The van der Waals surface area contributed by atoms with Crippen LogP contribution in [0, 0.1) is 0 Å². The van der Waals surface area contributed by atoms with Crippen LogP contribution < -0.4 is 20.1 Å². The average Bonchev–Trinajstić information content (AvgIpc) is 3.27. The van der Waals surface area contributed by atoms with Crippen LogP contribution in [0.15, 0.2) is 41.0 Å². The Morgan fingerprint density at radius 3 is 2.43 bits per heavy atom. The average molecular weight is 416 g/mol. The highest BCUT2D eigenvalue weighted by molar-refractivity contribution is 5.95. The highest BCUT2D eigenvalue weighted by atomic mass is 16.5. The summed E-state index contributed by atoms with van der Waals surface area (Å²) in [5.41, 5.74) is 1.15. The molecule has 0 spiro atoms. The Morgan fingerprint density at radius 1 is 1.03 bits per heavy atom. The van der Waals surface area contributed by atoms with Crippen molar-refractivity contribution in [1.82, 2.24) is 20.4 Å². The Hall–Kier alpha value is -3.04. The fraction of sp³-hybridized carbons (Fsp3) is 0.429. The number of nitrogens with one attached hydrogen (secondary N) is 2. The van der Waals surface area contributed by atoms with Crippen molar-refractivity contribution in [2.75, 3.05) is 46.9 Å². The molecule has 1 aliphatic heterocycles. The van der Waals surface area contributed by atoms with E-state index >= 15 is 0 Å². The van der Waals surface area contributed by atoms with Crippen LogP contribution in [0.3, 0.4) is 0 Å². The van der Waals surface area contributed by atoms with E-state index in [1.165, 1.54) is 6.26 Å². The summed E-state index contributed by atoms with van der Waals surface area (Å²) in [6, 6.07) is 8.89. The number of carbonyl (C=O) groups is 2. The summed E-state index contributed by atoms with van der Waals surface area (Å²) in [6.07, 6.45) is 1.53. The van der Waals surface area contributed by atoms with Gasteiger partial charge in [0, 0.05) is 32.7 Å². The van der Waals surface area contributed by atoms with Crippen molar-refractivity contribution in [2.45, 2.75) is 13.1 Å². The molecule has 3 rings (SSSR count). The number of hydrogen-bond acceptors (Lipinski definition) is 7. The fourth-order valence-corrected chi connectivity index (χ4v) is 3.34. The van der Waals surface area contributed by atoms with E-state index in [0.29, 0.717) is 11.5 Å². The molecule has 0 bridgehead atoms. The summed E-state index contributed by atoms with van der Waals surface area (Å²) in [6.45, 7) is 4.43. The number of carbonyl (C=O) groups excluding carboxylic acids is 2. The van der Waals surface area contributed by atoms with Crippen molar-refractivity contribution in [2.24, 2.45) is 0 Å². The highest BCUT2D eigenvalue weighted by Gasteiger charge is 2.20. The van der Waals surface area contributed by atoms with Gasteiger partial charge in [0.15, 0.2) is 11.5 Å². The zero-order valence-electron chi connectivity index (χ0n) is 17.3. The van der Waals surface area contributed by atoms with Crippen LogP contribution in [-0.2, 0) is 17.9 Å². The first-order valence-corrected chi connectivity index (χ1v) is 9.83. The summed E-state index contributed by atoms with van der Waals surface area (Å²) in [7, 11) is 3.25. The Balaban J connectivity index is 1.37. The van der Waals surface area contributed by atoms with Gasteiger partial charge in [-0.15, -0.1) is 0 Å². The predicted octanol–water partition coefficient (Wildman–Crippen LogP) is 1.44. The van der Waals surface area contributed by atoms with Crippen LogP contribution in [0.4, 0.5) is 4.79 Å². The van der Waals surface area contributed by atoms with Gasteiger partial charge in [0.1, 0.15) is 5.76 Å². The third-order valence-corrected chi connectivity index (χ3v) is 4.94. The number of nitrogens with zero attached hydrogens (tertiary/aromatic N) is 2. The molecule has 0 saturated carbocycles. The largest absolute Gasteiger partial charge is 0.493 e. The van der Waals surface area contributed by atoms with Crippen LogP contribution in [0.1, 0.15) is 11.3 Å². The van der Waals surface area contributed by atoms with E-state index in [4.69, 9.17) is 13.9 Å². The zero-order chi connectivity index (χ0) is 21.3. The number of methoxy groups -OCH3 is 2. The third-order valence-electron chi connectivity index (χ3n) is 4.94. The second-order valence-corrected chi connectivity index (χ2v) is 7.05. The van der Waals surface area contributed by atoms with Gasteiger partial charge in [-0.2, -0.15) is 0 Å². The molecular formula is C21H28N4O5. The molecule has 1 aliphatic rings. The predicted molar refractivity (Wildman–Crippen MR) is 110 cm³/mol. The SMILES string of the molecule is COc1ccc(CN2CCN(CC(=O)NC(=O)NCc3ccco3)CC2)cc1OC. The number of piperazine rings is 1. The van der Waals surface area contributed by atoms with E-state index in [9.17, 15) is 9.59 Å². The summed E-state index contributed by atoms with van der Waals surface area (Å²) < 4.78 is 15.8. The second kappa shape index (κ2) is 10.7. The van der Waals surface area contributed by atoms with Crippen LogP contribution in [0.2, 0.25) is 0 Å². The van der Waals surface area contributed by atoms with Crippen molar-refractivity contribution in [1.29, 1.82) is 0 Å². The Morgan fingerprint density at radius 2 is 1.77 bits per heavy atom. The topological polar surface area (TPSA) is 96.3 Å². The molecule has 0 unspecified atom stereocenters. The molecule has 1 aromatic carbocycles. The second-order valence-electron chi connectivity index (χ2n) is 7.05. The Labute approximate surface area is 175 Å². The maximum atomic E-state index is 12.1. The van der Waals surface area contributed by atoms with E-state index in [1.807, 2.05) is 23.1 Å². The van der Waals surface area contributed by atoms with E-state index in [1.54, 1.807) is 26.4 Å². The zero-order valence-corrected chi connectivity index (χ0v) is 17.3. The first-order chi connectivity index (χ1) is 14.6. The number of hydrogen-bond donors (Lipinski definition) is 2. The smallest absolute Gasteiger partial charge is 0.321 e. The lowest BCUT2D eigenvalue weighted by atomic mass is 10.1. The van der Waals surface area contributed by atoms with Crippen LogP contribution in [0.25, 0.3) is 0 Å². The quantitative estimate of drug-likeness (QED) is 0.672. The Bertz CT molecular complexity index is 832. The molecule has 0 aliphatic carbocycles. The minimum absolute atomic E-state index is 0.193. The molecule has 9 heteroatoms. The van der Waals surface area contributed by atoms with Crippen molar-refractivity contribution >= 4 is 11.9 Å². The molecule has 0 radical (unpaired) electrons. The van der Waals surface area contributed by atoms with E-state index < -0.39 is 6.03 Å². The minimum atomic E-state index is -0.525. The molecule has 3 amide bonds. The number of urea groups is 1. The van der Waals surface area contributed by atoms with Gasteiger partial charge in [0.05, 0.1) is 33.6 Å². The molecule has 30 heavy (non-hydrogen) atoms. The lowest BCUT2D eigenvalue weighted by Crippen LogP contribution is -2.50. The van der Waals surface area contributed by atoms with Gasteiger partial charge >= 0.3 is 6.03 Å². The van der Waals surface area contributed by atoms with Crippen molar-refractivity contribution in [3.05, 3.63) is 47.9 Å². The van der Waals surface area contributed by atoms with E-state index in [0.717, 1.165) is 44.0 Å². The number of ether oxygens (including phenoxy) is 2. The molecule has 1 saturated heterocycles. The van der Waals surface area contributed by atoms with Crippen LogP contribution >= 0.6 is 0 Å². The van der Waals surface area contributed by atoms with Gasteiger partial charge in [-0.3, -0.25) is 19.9 Å². The lowest BCUT2D eigenvalue weighted by molar-refractivity contribution is -0.121. The van der Waals surface area contributed by atoms with Gasteiger partial charge < -0.3 is 19.2 Å². The fourth-order valence-electron chi connectivity index (χ4n) is 3.34. The van der Waals surface area contributed by atoms with Crippen LogP contribution in [-0.4, -0.2) is 68.7 Å². The molecule has 0 atom stereocenters. The molecule has 9 nitrogen and oxygen atoms in total. The molecule has 1 fully saturated rings. The Kier molecular flexibility index (Phi) is 7.69. The molecule has 2 heterocycles. The molecule has 2 N–H and O–H groups in total. The first-order valence-electron chi connectivity index (χ1n) is 9.83. The molecule has 162 valence electrons. The van der Waals surface area contributed by atoms with Gasteiger partial charge in [0.2, 0.25) is 5.91 Å². The number of rotatable bonds is 8. The first kappa shape index (κ1) is 21.7. The van der Waals surface area contributed by atoms with E-state index in [2.05, 4.69) is 15.5 Å². The molecule has 1 aromatic heterocycles. The van der Waals surface area contributed by atoms with Gasteiger partial charge in [-0.05, 0) is 29.8 Å². The minimum Gasteiger partial charge on any atom is -0.493 e. The maximum absolute atomic E-state index is 12.1. The van der Waals surface area contributed by atoms with Crippen molar-refractivity contribution in [3.63, 3.8) is 0 Å². The normalized spacial score (nSPS) is 14.9. The van der Waals surface area contributed by atoms with Gasteiger partial charge in [-0.1, -0.05) is 6.07 Å². The summed E-state index contributed by atoms with van der Waals surface area (Å²) in [4.78, 5) is 28.3. The van der Waals surface area contributed by atoms with Gasteiger partial charge in [-0.25, -0.2) is 4.79 Å². The monoisotopic (exact) mass is 416 g/mol.